The molecule has 0 saturated carbocycles. The Balaban J connectivity index is 0.000000810. The highest BCUT2D eigenvalue weighted by atomic mass is 32.3. The van der Waals surface area contributed by atoms with Crippen molar-refractivity contribution in [1.29, 1.82) is 0 Å². The van der Waals surface area contributed by atoms with Crippen molar-refractivity contribution in [2.45, 2.75) is 64.1 Å². The van der Waals surface area contributed by atoms with E-state index in [1.165, 1.54) is 16.7 Å². The number of carbonyl (C=O) groups excluding carboxylic acids is 1. The molecular formula is C32H41NO6S. The second-order valence-electron chi connectivity index (χ2n) is 11.2. The molecule has 1 aliphatic rings. The molecule has 1 heterocycles. The van der Waals surface area contributed by atoms with Crippen LogP contribution in [0.4, 0.5) is 0 Å². The Labute approximate surface area is 238 Å². The minimum absolute atomic E-state index is 0.0313. The van der Waals surface area contributed by atoms with E-state index in [4.69, 9.17) is 22.3 Å². The van der Waals surface area contributed by atoms with E-state index in [-0.39, 0.29) is 23.4 Å². The largest absolute Gasteiger partial charge is 0.394 e. The summed E-state index contributed by atoms with van der Waals surface area (Å²) in [5.41, 5.74) is 4.61. The molecule has 0 aliphatic carbocycles. The highest BCUT2D eigenvalue weighted by molar-refractivity contribution is 7.79. The summed E-state index contributed by atoms with van der Waals surface area (Å²) >= 11 is 0. The van der Waals surface area contributed by atoms with Crippen molar-refractivity contribution < 1.29 is 27.1 Å². The van der Waals surface area contributed by atoms with Crippen LogP contribution >= 0.6 is 0 Å². The molecule has 3 aromatic carbocycles. The van der Waals surface area contributed by atoms with E-state index in [9.17, 15) is 4.79 Å². The monoisotopic (exact) mass is 567 g/mol. The molecule has 0 bridgehead atoms. The van der Waals surface area contributed by atoms with Crippen molar-refractivity contribution >= 4 is 16.2 Å². The maximum Gasteiger partial charge on any atom is 0.394 e. The zero-order valence-electron chi connectivity index (χ0n) is 23.6. The average molecular weight is 568 g/mol. The molecule has 3 aromatic rings. The first-order chi connectivity index (χ1) is 18.9. The quantitative estimate of drug-likeness (QED) is 0.223. The van der Waals surface area contributed by atoms with Crippen molar-refractivity contribution in [2.75, 3.05) is 19.6 Å². The predicted molar refractivity (Wildman–Crippen MR) is 158 cm³/mol. The number of ether oxygens (including phenoxy) is 1. The van der Waals surface area contributed by atoms with Gasteiger partial charge in [-0.05, 0) is 47.9 Å². The fourth-order valence-corrected chi connectivity index (χ4v) is 4.83. The molecule has 8 heteroatoms. The van der Waals surface area contributed by atoms with Crippen LogP contribution in [0.5, 0.6) is 0 Å². The molecule has 4 rings (SSSR count). The first-order valence-electron chi connectivity index (χ1n) is 13.7. The molecule has 1 aliphatic heterocycles. The van der Waals surface area contributed by atoms with Crippen LogP contribution in [0.2, 0.25) is 0 Å². The van der Waals surface area contributed by atoms with Crippen molar-refractivity contribution in [3.05, 3.63) is 107 Å². The van der Waals surface area contributed by atoms with Crippen molar-refractivity contribution in [1.82, 2.24) is 4.90 Å². The number of piperidine rings is 1. The van der Waals surface area contributed by atoms with Gasteiger partial charge in [0.2, 0.25) is 0 Å². The second kappa shape index (κ2) is 14.7. The van der Waals surface area contributed by atoms with E-state index < -0.39 is 10.4 Å². The van der Waals surface area contributed by atoms with Gasteiger partial charge in [0.15, 0.2) is 5.78 Å². The Hall–Kier alpha value is -2.88. The number of hydrogen-bond donors (Lipinski definition) is 2. The zero-order valence-corrected chi connectivity index (χ0v) is 24.4. The fourth-order valence-electron chi connectivity index (χ4n) is 4.83. The first-order valence-corrected chi connectivity index (χ1v) is 15.1. The van der Waals surface area contributed by atoms with E-state index >= 15 is 0 Å². The Morgan fingerprint density at radius 1 is 0.875 bits per heavy atom. The van der Waals surface area contributed by atoms with Gasteiger partial charge in [0.05, 0.1) is 6.10 Å². The van der Waals surface area contributed by atoms with Gasteiger partial charge in [-0.1, -0.05) is 106 Å². The lowest BCUT2D eigenvalue weighted by atomic mass is 9.86. The fraction of sp³-hybridized carbons (Fsp3) is 0.406. The third-order valence-corrected chi connectivity index (χ3v) is 7.02. The van der Waals surface area contributed by atoms with E-state index in [0.717, 1.165) is 44.5 Å². The van der Waals surface area contributed by atoms with Crippen molar-refractivity contribution in [3.8, 4) is 0 Å². The lowest BCUT2D eigenvalue weighted by Crippen LogP contribution is -2.38. The standard InChI is InChI=1S/C32H39NO2.H2O4S/c1-32(2,3)28-18-16-25(17-19-28)30(34)15-10-22-33-23-20-29(21-24-33)35-31(26-11-6-4-7-12-26)27-13-8-5-9-14-27;1-5(2,3)4/h4-9,11-14,16-19,29,31H,10,15,20-24H2,1-3H3;(H2,1,2,3,4). The van der Waals surface area contributed by atoms with Crippen molar-refractivity contribution in [3.63, 3.8) is 0 Å². The highest BCUT2D eigenvalue weighted by Crippen LogP contribution is 2.30. The summed E-state index contributed by atoms with van der Waals surface area (Å²) in [6.07, 6.45) is 3.78. The van der Waals surface area contributed by atoms with Gasteiger partial charge < -0.3 is 9.64 Å². The Bertz CT molecular complexity index is 1230. The number of carbonyl (C=O) groups is 1. The van der Waals surface area contributed by atoms with Gasteiger partial charge >= 0.3 is 10.4 Å². The van der Waals surface area contributed by atoms with Crippen LogP contribution in [0, 0.1) is 0 Å². The Morgan fingerprint density at radius 3 is 1.80 bits per heavy atom. The van der Waals surface area contributed by atoms with E-state index in [1.54, 1.807) is 0 Å². The minimum atomic E-state index is -4.67. The molecule has 0 amide bonds. The van der Waals surface area contributed by atoms with Gasteiger partial charge in [-0.2, -0.15) is 8.42 Å². The first kappa shape index (κ1) is 31.6. The van der Waals surface area contributed by atoms with Crippen LogP contribution in [0.1, 0.15) is 79.6 Å². The summed E-state index contributed by atoms with van der Waals surface area (Å²) < 4.78 is 38.2. The molecule has 0 unspecified atom stereocenters. The molecule has 216 valence electrons. The second-order valence-corrected chi connectivity index (χ2v) is 12.1. The summed E-state index contributed by atoms with van der Waals surface area (Å²) in [6.45, 7) is 9.61. The number of likely N-dealkylation sites (tertiary alicyclic amines) is 1. The summed E-state index contributed by atoms with van der Waals surface area (Å²) in [6, 6.07) is 29.2. The van der Waals surface area contributed by atoms with E-state index in [2.05, 4.69) is 98.5 Å². The molecule has 0 radical (unpaired) electrons. The summed E-state index contributed by atoms with van der Waals surface area (Å²) in [5.74, 6) is 0.247. The molecule has 40 heavy (non-hydrogen) atoms. The molecule has 2 N–H and O–H groups in total. The molecule has 1 saturated heterocycles. The maximum atomic E-state index is 12.7. The molecule has 0 atom stereocenters. The van der Waals surface area contributed by atoms with Crippen LogP contribution in [0.3, 0.4) is 0 Å². The average Bonchev–Trinajstić information content (AvgIpc) is 2.92. The van der Waals surface area contributed by atoms with Gasteiger partial charge in [-0.15, -0.1) is 0 Å². The number of hydrogen-bond acceptors (Lipinski definition) is 5. The third kappa shape index (κ3) is 10.9. The van der Waals surface area contributed by atoms with Gasteiger partial charge in [-0.25, -0.2) is 0 Å². The minimum Gasteiger partial charge on any atom is -0.365 e. The Morgan fingerprint density at radius 2 is 1.35 bits per heavy atom. The number of rotatable bonds is 9. The van der Waals surface area contributed by atoms with Crippen LogP contribution in [0.25, 0.3) is 0 Å². The number of nitrogens with zero attached hydrogens (tertiary/aromatic N) is 1. The molecule has 0 aromatic heterocycles. The predicted octanol–water partition coefficient (Wildman–Crippen LogP) is 6.56. The van der Waals surface area contributed by atoms with Crippen LogP contribution in [-0.2, 0) is 20.6 Å². The number of benzene rings is 3. The van der Waals surface area contributed by atoms with Gasteiger partial charge in [0.25, 0.3) is 0 Å². The lowest BCUT2D eigenvalue weighted by molar-refractivity contribution is -0.0270. The Kier molecular flexibility index (Phi) is 11.6. The number of Topliss-reactive ketones (excluding diaryl/α,β-unsaturated/α-hetero) is 1. The topological polar surface area (TPSA) is 104 Å². The summed E-state index contributed by atoms with van der Waals surface area (Å²) in [4.78, 5) is 15.1. The van der Waals surface area contributed by atoms with Gasteiger partial charge in [0, 0.05) is 25.1 Å². The SMILES string of the molecule is CC(C)(C)c1ccc(C(=O)CCCN2CCC(OC(c3ccccc3)c3ccccc3)CC2)cc1.O=S(=O)(O)O. The summed E-state index contributed by atoms with van der Waals surface area (Å²) in [7, 11) is -4.67. The lowest BCUT2D eigenvalue weighted by Gasteiger charge is -2.34. The number of ketones is 1. The molecule has 7 nitrogen and oxygen atoms in total. The van der Waals surface area contributed by atoms with Crippen LogP contribution in [0.15, 0.2) is 84.9 Å². The highest BCUT2D eigenvalue weighted by Gasteiger charge is 2.24. The molecular weight excluding hydrogens is 526 g/mol. The van der Waals surface area contributed by atoms with Gasteiger partial charge in [-0.3, -0.25) is 13.9 Å². The van der Waals surface area contributed by atoms with Crippen LogP contribution in [-0.4, -0.2) is 53.9 Å². The zero-order chi connectivity index (χ0) is 29.2. The van der Waals surface area contributed by atoms with E-state index in [0.29, 0.717) is 6.42 Å². The normalized spacial score (nSPS) is 14.9. The summed E-state index contributed by atoms with van der Waals surface area (Å²) in [5, 5.41) is 0. The van der Waals surface area contributed by atoms with Gasteiger partial charge in [0.1, 0.15) is 6.10 Å². The molecule has 1 fully saturated rings. The van der Waals surface area contributed by atoms with Crippen molar-refractivity contribution in [2.24, 2.45) is 0 Å². The van der Waals surface area contributed by atoms with Crippen LogP contribution < -0.4 is 0 Å². The maximum absolute atomic E-state index is 12.7. The third-order valence-electron chi connectivity index (χ3n) is 7.02. The smallest absolute Gasteiger partial charge is 0.365 e. The molecule has 0 spiro atoms. The van der Waals surface area contributed by atoms with E-state index in [1.807, 2.05) is 12.1 Å².